The van der Waals surface area contributed by atoms with Crippen molar-refractivity contribution in [3.63, 3.8) is 0 Å². The first-order chi connectivity index (χ1) is 10.4. The fourth-order valence-corrected chi connectivity index (χ4v) is 2.71. The average molecular weight is 326 g/mol. The van der Waals surface area contributed by atoms with Crippen molar-refractivity contribution in [1.82, 2.24) is 4.72 Å². The first kappa shape index (κ1) is 15.8. The van der Waals surface area contributed by atoms with Crippen LogP contribution in [0.1, 0.15) is 5.56 Å². The zero-order chi connectivity index (χ0) is 16.3. The molecule has 0 aromatic heterocycles. The van der Waals surface area contributed by atoms with E-state index in [0.29, 0.717) is 17.1 Å². The highest BCUT2D eigenvalue weighted by Gasteiger charge is 2.24. The second-order valence-corrected chi connectivity index (χ2v) is 5.51. The molecule has 0 aliphatic carbocycles. The summed E-state index contributed by atoms with van der Waals surface area (Å²) in [5.74, 6) is 0.0870. The molecule has 9 heteroatoms. The van der Waals surface area contributed by atoms with Gasteiger partial charge in [-0.15, -0.1) is 4.40 Å². The summed E-state index contributed by atoms with van der Waals surface area (Å²) in [6.07, 6.45) is 1.29. The predicted octanol–water partition coefficient (Wildman–Crippen LogP) is 0.398. The van der Waals surface area contributed by atoms with E-state index in [0.717, 1.165) is 7.11 Å². The molecule has 0 fully saturated rings. The molecule has 0 bridgehead atoms. The molecular formula is C13H14N2O6S. The standard InChI is InChI=1S/C13H14N2O6S/c1-19-11-5-4-8(6-12(11)20-2)9-7-10(13(16)21-3)15-22(17,18)14-9/h4-7,15H,1-3H3. The highest BCUT2D eigenvalue weighted by Crippen LogP contribution is 2.28. The lowest BCUT2D eigenvalue weighted by atomic mass is 10.1. The fourth-order valence-electron chi connectivity index (χ4n) is 1.83. The molecule has 1 aliphatic rings. The SMILES string of the molecule is COC(=O)C1=CC(c2ccc(OC)c(OC)c2)=NS(=O)(=O)N1. The van der Waals surface area contributed by atoms with Gasteiger partial charge in [0, 0.05) is 5.56 Å². The van der Waals surface area contributed by atoms with Crippen molar-refractivity contribution in [2.24, 2.45) is 4.40 Å². The number of hydrogen-bond donors (Lipinski definition) is 1. The molecule has 1 aliphatic heterocycles. The molecule has 22 heavy (non-hydrogen) atoms. The number of carbonyl (C=O) groups excluding carboxylic acids is 1. The number of esters is 1. The van der Waals surface area contributed by atoms with Crippen LogP contribution in [0.15, 0.2) is 34.4 Å². The smallest absolute Gasteiger partial charge is 0.355 e. The Hall–Kier alpha value is -2.55. The first-order valence-corrected chi connectivity index (χ1v) is 7.49. The minimum absolute atomic E-state index is 0.0834. The number of carbonyl (C=O) groups is 1. The zero-order valence-corrected chi connectivity index (χ0v) is 12.9. The largest absolute Gasteiger partial charge is 0.493 e. The Morgan fingerprint density at radius 3 is 2.41 bits per heavy atom. The molecule has 0 saturated heterocycles. The Labute approximate surface area is 127 Å². The van der Waals surface area contributed by atoms with Crippen LogP contribution in [0.4, 0.5) is 0 Å². The summed E-state index contributed by atoms with van der Waals surface area (Å²) in [6.45, 7) is 0. The van der Waals surface area contributed by atoms with E-state index in [-0.39, 0.29) is 11.4 Å². The summed E-state index contributed by atoms with van der Waals surface area (Å²) in [5.41, 5.74) is 0.312. The molecule has 0 unspecified atom stereocenters. The quantitative estimate of drug-likeness (QED) is 0.803. The number of benzene rings is 1. The molecule has 0 saturated carbocycles. The monoisotopic (exact) mass is 326 g/mol. The van der Waals surface area contributed by atoms with Crippen LogP contribution in [-0.4, -0.2) is 41.4 Å². The van der Waals surface area contributed by atoms with E-state index in [2.05, 4.69) is 9.13 Å². The minimum Gasteiger partial charge on any atom is -0.493 e. The van der Waals surface area contributed by atoms with Gasteiger partial charge in [0.05, 0.1) is 27.0 Å². The van der Waals surface area contributed by atoms with E-state index < -0.39 is 16.2 Å². The lowest BCUT2D eigenvalue weighted by Gasteiger charge is -2.15. The Kier molecular flexibility index (Phi) is 4.36. The van der Waals surface area contributed by atoms with E-state index in [1.807, 2.05) is 4.72 Å². The van der Waals surface area contributed by atoms with Gasteiger partial charge in [0.25, 0.3) is 0 Å². The van der Waals surface area contributed by atoms with Crippen molar-refractivity contribution in [3.05, 3.63) is 35.5 Å². The van der Waals surface area contributed by atoms with Crippen molar-refractivity contribution in [2.45, 2.75) is 0 Å². The van der Waals surface area contributed by atoms with E-state index in [1.54, 1.807) is 18.2 Å². The van der Waals surface area contributed by atoms with Gasteiger partial charge in [-0.1, -0.05) is 0 Å². The average Bonchev–Trinajstić information content (AvgIpc) is 2.51. The number of methoxy groups -OCH3 is 3. The molecule has 0 atom stereocenters. The third-order valence-corrected chi connectivity index (χ3v) is 3.74. The van der Waals surface area contributed by atoms with E-state index in [4.69, 9.17) is 9.47 Å². The van der Waals surface area contributed by atoms with Crippen molar-refractivity contribution >= 4 is 21.9 Å². The highest BCUT2D eigenvalue weighted by molar-refractivity contribution is 7.88. The normalized spacial score (nSPS) is 16.0. The van der Waals surface area contributed by atoms with Gasteiger partial charge in [0.1, 0.15) is 5.70 Å². The van der Waals surface area contributed by atoms with Crippen LogP contribution in [0.5, 0.6) is 11.5 Å². The maximum Gasteiger partial charge on any atom is 0.355 e. The van der Waals surface area contributed by atoms with Crippen LogP contribution >= 0.6 is 0 Å². The Bertz CT molecular complexity index is 767. The number of allylic oxidation sites excluding steroid dienone is 1. The van der Waals surface area contributed by atoms with Crippen LogP contribution in [0.25, 0.3) is 0 Å². The second-order valence-electron chi connectivity index (χ2n) is 4.17. The van der Waals surface area contributed by atoms with Gasteiger partial charge in [-0.25, -0.2) is 4.79 Å². The van der Waals surface area contributed by atoms with E-state index >= 15 is 0 Å². The molecular weight excluding hydrogens is 312 g/mol. The van der Waals surface area contributed by atoms with Gasteiger partial charge in [-0.05, 0) is 24.3 Å². The highest BCUT2D eigenvalue weighted by atomic mass is 32.2. The van der Waals surface area contributed by atoms with Crippen molar-refractivity contribution in [3.8, 4) is 11.5 Å². The van der Waals surface area contributed by atoms with Gasteiger partial charge in [-0.3, -0.25) is 4.72 Å². The Morgan fingerprint density at radius 2 is 1.82 bits per heavy atom. The van der Waals surface area contributed by atoms with Crippen molar-refractivity contribution in [1.29, 1.82) is 0 Å². The van der Waals surface area contributed by atoms with Crippen LogP contribution < -0.4 is 14.2 Å². The number of nitrogens with one attached hydrogen (secondary N) is 1. The molecule has 1 aromatic rings. The third-order valence-electron chi connectivity index (χ3n) is 2.82. The second kappa shape index (κ2) is 6.06. The summed E-state index contributed by atoms with van der Waals surface area (Å²) in [4.78, 5) is 11.5. The lowest BCUT2D eigenvalue weighted by Crippen LogP contribution is -2.31. The molecule has 1 aromatic carbocycles. The van der Waals surface area contributed by atoms with Crippen LogP contribution in [0, 0.1) is 0 Å². The third kappa shape index (κ3) is 3.19. The molecule has 0 radical (unpaired) electrons. The molecule has 8 nitrogen and oxygen atoms in total. The molecule has 1 N–H and O–H groups in total. The summed E-state index contributed by atoms with van der Waals surface area (Å²) in [6, 6.07) is 4.77. The summed E-state index contributed by atoms with van der Waals surface area (Å²) >= 11 is 0. The minimum atomic E-state index is -4.02. The van der Waals surface area contributed by atoms with Gasteiger partial charge in [-0.2, -0.15) is 8.42 Å². The van der Waals surface area contributed by atoms with E-state index in [1.165, 1.54) is 20.3 Å². The van der Waals surface area contributed by atoms with Crippen LogP contribution in [0.3, 0.4) is 0 Å². The molecule has 2 rings (SSSR count). The molecule has 0 amide bonds. The van der Waals surface area contributed by atoms with Crippen LogP contribution in [-0.2, 0) is 19.7 Å². The lowest BCUT2D eigenvalue weighted by molar-refractivity contribution is -0.136. The number of hydrogen-bond acceptors (Lipinski definition) is 6. The first-order valence-electron chi connectivity index (χ1n) is 6.05. The van der Waals surface area contributed by atoms with Crippen molar-refractivity contribution in [2.75, 3.05) is 21.3 Å². The Morgan fingerprint density at radius 1 is 1.14 bits per heavy atom. The van der Waals surface area contributed by atoms with Gasteiger partial charge in [0.15, 0.2) is 11.5 Å². The number of rotatable bonds is 4. The number of nitrogens with zero attached hydrogens (tertiary/aromatic N) is 1. The topological polar surface area (TPSA) is 103 Å². The summed E-state index contributed by atoms with van der Waals surface area (Å²) in [7, 11) is 0.0713. The molecule has 0 spiro atoms. The van der Waals surface area contributed by atoms with E-state index in [9.17, 15) is 13.2 Å². The van der Waals surface area contributed by atoms with Crippen molar-refractivity contribution < 1.29 is 27.4 Å². The zero-order valence-electron chi connectivity index (χ0n) is 12.1. The van der Waals surface area contributed by atoms with Crippen LogP contribution in [0.2, 0.25) is 0 Å². The maximum absolute atomic E-state index is 11.7. The maximum atomic E-state index is 11.7. The van der Waals surface area contributed by atoms with Gasteiger partial charge >= 0.3 is 16.2 Å². The van der Waals surface area contributed by atoms with Gasteiger partial charge < -0.3 is 14.2 Å². The predicted molar refractivity (Wildman–Crippen MR) is 78.2 cm³/mol. The van der Waals surface area contributed by atoms with Gasteiger partial charge in [0.2, 0.25) is 0 Å². The molecule has 118 valence electrons. The fraction of sp³-hybridized carbons (Fsp3) is 0.231. The summed E-state index contributed by atoms with van der Waals surface area (Å²) < 4.78 is 43.9. The molecule has 1 heterocycles. The summed E-state index contributed by atoms with van der Waals surface area (Å²) in [5, 5.41) is 0. The Balaban J connectivity index is 2.52. The number of ether oxygens (including phenoxy) is 3.